The molecule has 3 aliphatic rings. The first-order valence-corrected chi connectivity index (χ1v) is 8.32. The van der Waals surface area contributed by atoms with Crippen LogP contribution in [0.15, 0.2) is 0 Å². The summed E-state index contributed by atoms with van der Waals surface area (Å²) in [4.78, 5) is 2.86. The Balaban J connectivity index is 1.58. The highest BCUT2D eigenvalue weighted by Gasteiger charge is 2.34. The van der Waals surface area contributed by atoms with Crippen LogP contribution >= 0.6 is 0 Å². The Kier molecular flexibility index (Phi) is 4.25. The molecular formula is C16H30N2. The zero-order valence-corrected chi connectivity index (χ0v) is 12.0. The molecule has 1 saturated carbocycles. The van der Waals surface area contributed by atoms with E-state index in [0.29, 0.717) is 0 Å². The normalized spacial score (nSPS) is 43.2. The third kappa shape index (κ3) is 2.75. The van der Waals surface area contributed by atoms with Crippen molar-refractivity contribution in [2.24, 2.45) is 11.8 Å². The van der Waals surface area contributed by atoms with Gasteiger partial charge < -0.3 is 5.32 Å². The Hall–Kier alpha value is -0.0800. The third-order valence-electron chi connectivity index (χ3n) is 5.69. The van der Waals surface area contributed by atoms with E-state index in [1.165, 1.54) is 71.0 Å². The molecule has 3 rings (SSSR count). The standard InChI is InChI=1S/C16H30N2/c1-13-6-2-3-9-16(13)18-11-5-7-14(12-18)15-8-4-10-17-15/h13-17H,2-12H2,1H3. The monoisotopic (exact) mass is 250 g/mol. The summed E-state index contributed by atoms with van der Waals surface area (Å²) >= 11 is 0. The van der Waals surface area contributed by atoms with Gasteiger partial charge in [-0.15, -0.1) is 0 Å². The highest BCUT2D eigenvalue weighted by molar-refractivity contribution is 4.90. The predicted octanol–water partition coefficient (Wildman–Crippen LogP) is 3.03. The Morgan fingerprint density at radius 2 is 1.83 bits per heavy atom. The van der Waals surface area contributed by atoms with Crippen LogP contribution in [0.5, 0.6) is 0 Å². The molecule has 104 valence electrons. The second-order valence-corrected chi connectivity index (χ2v) is 6.93. The lowest BCUT2D eigenvalue weighted by atomic mass is 9.82. The summed E-state index contributed by atoms with van der Waals surface area (Å²) in [6.07, 6.45) is 11.6. The van der Waals surface area contributed by atoms with Crippen molar-refractivity contribution in [2.45, 2.75) is 70.4 Å². The summed E-state index contributed by atoms with van der Waals surface area (Å²) in [6, 6.07) is 1.75. The lowest BCUT2D eigenvalue weighted by Crippen LogP contribution is -2.50. The molecular weight excluding hydrogens is 220 g/mol. The smallest absolute Gasteiger partial charge is 0.0121 e. The van der Waals surface area contributed by atoms with E-state index in [1.807, 2.05) is 0 Å². The van der Waals surface area contributed by atoms with Gasteiger partial charge in [0, 0.05) is 18.6 Å². The van der Waals surface area contributed by atoms with Crippen LogP contribution in [0.1, 0.15) is 58.3 Å². The summed E-state index contributed by atoms with van der Waals surface area (Å²) in [5.74, 6) is 1.88. The van der Waals surface area contributed by atoms with Crippen molar-refractivity contribution < 1.29 is 0 Å². The van der Waals surface area contributed by atoms with Gasteiger partial charge in [0.1, 0.15) is 0 Å². The molecule has 4 unspecified atom stereocenters. The minimum Gasteiger partial charge on any atom is -0.314 e. The molecule has 1 aliphatic carbocycles. The van der Waals surface area contributed by atoms with Gasteiger partial charge in [-0.1, -0.05) is 19.8 Å². The van der Waals surface area contributed by atoms with Crippen molar-refractivity contribution >= 4 is 0 Å². The van der Waals surface area contributed by atoms with Gasteiger partial charge >= 0.3 is 0 Å². The average molecular weight is 250 g/mol. The molecule has 0 aromatic heterocycles. The molecule has 0 bridgehead atoms. The van der Waals surface area contributed by atoms with Gasteiger partial charge in [-0.2, -0.15) is 0 Å². The first-order chi connectivity index (χ1) is 8.84. The maximum Gasteiger partial charge on any atom is 0.0121 e. The number of piperidine rings is 1. The zero-order chi connectivity index (χ0) is 12.4. The minimum atomic E-state index is 0.840. The molecule has 1 N–H and O–H groups in total. The highest BCUT2D eigenvalue weighted by atomic mass is 15.2. The first kappa shape index (κ1) is 12.9. The molecule has 18 heavy (non-hydrogen) atoms. The molecule has 4 atom stereocenters. The predicted molar refractivity (Wildman–Crippen MR) is 76.7 cm³/mol. The number of nitrogens with one attached hydrogen (secondary N) is 1. The molecule has 2 saturated heterocycles. The number of nitrogens with zero attached hydrogens (tertiary/aromatic N) is 1. The molecule has 2 nitrogen and oxygen atoms in total. The molecule has 2 heteroatoms. The molecule has 2 aliphatic heterocycles. The van der Waals surface area contributed by atoms with E-state index in [4.69, 9.17) is 0 Å². The van der Waals surface area contributed by atoms with Crippen molar-refractivity contribution in [3.05, 3.63) is 0 Å². The van der Waals surface area contributed by atoms with Crippen LogP contribution in [0, 0.1) is 11.8 Å². The maximum absolute atomic E-state index is 3.73. The van der Waals surface area contributed by atoms with Gasteiger partial charge in [0.25, 0.3) is 0 Å². The Bertz CT molecular complexity index is 260. The molecule has 0 radical (unpaired) electrons. The van der Waals surface area contributed by atoms with Crippen LogP contribution in [-0.2, 0) is 0 Å². The fourth-order valence-corrected chi connectivity index (χ4v) is 4.62. The van der Waals surface area contributed by atoms with Gasteiger partial charge in [0.2, 0.25) is 0 Å². The van der Waals surface area contributed by atoms with Crippen LogP contribution < -0.4 is 5.32 Å². The fourth-order valence-electron chi connectivity index (χ4n) is 4.62. The Labute approximate surface area is 113 Å². The largest absolute Gasteiger partial charge is 0.314 e. The van der Waals surface area contributed by atoms with E-state index in [2.05, 4.69) is 17.1 Å². The zero-order valence-electron chi connectivity index (χ0n) is 12.0. The van der Waals surface area contributed by atoms with Gasteiger partial charge in [-0.25, -0.2) is 0 Å². The van der Waals surface area contributed by atoms with Crippen molar-refractivity contribution in [2.75, 3.05) is 19.6 Å². The summed E-state index contributed by atoms with van der Waals surface area (Å²) < 4.78 is 0. The van der Waals surface area contributed by atoms with E-state index in [0.717, 1.165) is 23.9 Å². The van der Waals surface area contributed by atoms with Crippen LogP contribution in [0.2, 0.25) is 0 Å². The lowest BCUT2D eigenvalue weighted by Gasteiger charge is -2.44. The number of rotatable bonds is 2. The Morgan fingerprint density at radius 3 is 2.61 bits per heavy atom. The lowest BCUT2D eigenvalue weighted by molar-refractivity contribution is 0.0587. The van der Waals surface area contributed by atoms with E-state index in [9.17, 15) is 0 Å². The van der Waals surface area contributed by atoms with E-state index in [1.54, 1.807) is 0 Å². The SMILES string of the molecule is CC1CCCCC1N1CCCC(C2CCCN2)C1. The summed E-state index contributed by atoms with van der Waals surface area (Å²) in [5.41, 5.74) is 0. The maximum atomic E-state index is 3.73. The number of hydrogen-bond acceptors (Lipinski definition) is 2. The van der Waals surface area contributed by atoms with Crippen LogP contribution in [-0.4, -0.2) is 36.6 Å². The number of likely N-dealkylation sites (tertiary alicyclic amines) is 1. The van der Waals surface area contributed by atoms with Gasteiger partial charge in [0.05, 0.1) is 0 Å². The molecule has 0 aromatic carbocycles. The molecule has 3 fully saturated rings. The Morgan fingerprint density at radius 1 is 0.944 bits per heavy atom. The second-order valence-electron chi connectivity index (χ2n) is 6.93. The molecule has 2 heterocycles. The van der Waals surface area contributed by atoms with E-state index < -0.39 is 0 Å². The fraction of sp³-hybridized carbons (Fsp3) is 1.00. The number of hydrogen-bond donors (Lipinski definition) is 1. The van der Waals surface area contributed by atoms with Crippen LogP contribution in [0.3, 0.4) is 0 Å². The topological polar surface area (TPSA) is 15.3 Å². The van der Waals surface area contributed by atoms with Gasteiger partial charge in [-0.05, 0) is 63.5 Å². The van der Waals surface area contributed by atoms with E-state index >= 15 is 0 Å². The van der Waals surface area contributed by atoms with Crippen molar-refractivity contribution in [3.63, 3.8) is 0 Å². The first-order valence-electron chi connectivity index (χ1n) is 8.32. The quantitative estimate of drug-likeness (QED) is 0.810. The van der Waals surface area contributed by atoms with Gasteiger partial charge in [-0.3, -0.25) is 4.90 Å². The molecule has 0 spiro atoms. The average Bonchev–Trinajstić information content (AvgIpc) is 2.93. The van der Waals surface area contributed by atoms with Crippen molar-refractivity contribution in [3.8, 4) is 0 Å². The summed E-state index contributed by atoms with van der Waals surface area (Å²) in [6.45, 7) is 6.51. The van der Waals surface area contributed by atoms with Crippen molar-refractivity contribution in [1.82, 2.24) is 10.2 Å². The molecule has 0 amide bonds. The van der Waals surface area contributed by atoms with Gasteiger partial charge in [0.15, 0.2) is 0 Å². The minimum absolute atomic E-state index is 0.840. The van der Waals surface area contributed by atoms with Crippen LogP contribution in [0.25, 0.3) is 0 Å². The van der Waals surface area contributed by atoms with E-state index in [-0.39, 0.29) is 0 Å². The molecule has 0 aromatic rings. The summed E-state index contributed by atoms with van der Waals surface area (Å²) in [7, 11) is 0. The third-order valence-corrected chi connectivity index (χ3v) is 5.69. The second kappa shape index (κ2) is 5.92. The summed E-state index contributed by atoms with van der Waals surface area (Å²) in [5, 5.41) is 3.73. The van der Waals surface area contributed by atoms with Crippen molar-refractivity contribution in [1.29, 1.82) is 0 Å². The van der Waals surface area contributed by atoms with Crippen LogP contribution in [0.4, 0.5) is 0 Å². The highest BCUT2D eigenvalue weighted by Crippen LogP contribution is 2.32.